The molecule has 4 rings (SSSR count). The van der Waals surface area contributed by atoms with Gasteiger partial charge in [0.25, 0.3) is 0 Å². The van der Waals surface area contributed by atoms with Gasteiger partial charge in [-0.25, -0.2) is 4.98 Å². The number of piperidine rings is 1. The van der Waals surface area contributed by atoms with E-state index in [0.29, 0.717) is 22.3 Å². The van der Waals surface area contributed by atoms with Crippen molar-refractivity contribution in [2.24, 2.45) is 0 Å². The van der Waals surface area contributed by atoms with Crippen LogP contribution < -0.4 is 15.5 Å². The van der Waals surface area contributed by atoms with Crippen molar-refractivity contribution in [3.63, 3.8) is 0 Å². The quantitative estimate of drug-likeness (QED) is 0.409. The number of nitrogens with one attached hydrogen (secondary N) is 2. The summed E-state index contributed by atoms with van der Waals surface area (Å²) in [7, 11) is 0. The van der Waals surface area contributed by atoms with Gasteiger partial charge in [-0.05, 0) is 68.9 Å². The van der Waals surface area contributed by atoms with Crippen LogP contribution in [0, 0.1) is 0 Å². The van der Waals surface area contributed by atoms with Crippen molar-refractivity contribution in [2.75, 3.05) is 23.3 Å². The van der Waals surface area contributed by atoms with Crippen LogP contribution in [0.25, 0.3) is 0 Å². The summed E-state index contributed by atoms with van der Waals surface area (Å²) >= 11 is 18.1. The first-order valence-electron chi connectivity index (χ1n) is 11.1. The summed E-state index contributed by atoms with van der Waals surface area (Å²) in [5.74, 6) is 1.28. The highest BCUT2D eigenvalue weighted by atomic mass is 35.5. The van der Waals surface area contributed by atoms with Gasteiger partial charge in [-0.3, -0.25) is 0 Å². The van der Waals surface area contributed by atoms with Gasteiger partial charge in [0, 0.05) is 35.6 Å². The fraction of sp³-hybridized carbons (Fsp3) is 0.522. The molecule has 5 nitrogen and oxygen atoms in total. The summed E-state index contributed by atoms with van der Waals surface area (Å²) in [4.78, 5) is 11.3. The van der Waals surface area contributed by atoms with Crippen LogP contribution in [-0.4, -0.2) is 34.2 Å². The van der Waals surface area contributed by atoms with E-state index in [0.717, 1.165) is 43.2 Å². The van der Waals surface area contributed by atoms with E-state index in [1.54, 1.807) is 0 Å². The Balaban J connectivity index is 1.44. The van der Waals surface area contributed by atoms with Crippen molar-refractivity contribution < 1.29 is 0 Å². The summed E-state index contributed by atoms with van der Waals surface area (Å²) in [5, 5.41) is 8.24. The van der Waals surface area contributed by atoms with Crippen LogP contribution in [0.2, 0.25) is 10.2 Å². The molecule has 2 fully saturated rings. The minimum absolute atomic E-state index is 0.0419. The summed E-state index contributed by atoms with van der Waals surface area (Å²) in [6.07, 6.45) is 8.24. The second-order valence-corrected chi connectivity index (χ2v) is 9.95. The predicted octanol–water partition coefficient (Wildman–Crippen LogP) is 5.96. The molecule has 0 spiro atoms. The summed E-state index contributed by atoms with van der Waals surface area (Å²) in [5.41, 5.74) is 1.31. The van der Waals surface area contributed by atoms with Gasteiger partial charge in [-0.2, -0.15) is 4.98 Å². The topological polar surface area (TPSA) is 53.1 Å². The van der Waals surface area contributed by atoms with Gasteiger partial charge < -0.3 is 15.5 Å². The molecule has 1 saturated carbocycles. The van der Waals surface area contributed by atoms with Crippen LogP contribution in [-0.2, 0) is 5.41 Å². The first-order chi connectivity index (χ1) is 14.9. The SMILES string of the molecule is C[C@H]1CCCCN1c1cc(Cl)nc(NC(=S)NCC2(c3cccc(Cl)c3)CCCC2)n1. The lowest BCUT2D eigenvalue weighted by atomic mass is 9.79. The van der Waals surface area contributed by atoms with Crippen molar-refractivity contribution in [1.82, 2.24) is 15.3 Å². The van der Waals surface area contributed by atoms with Gasteiger partial charge >= 0.3 is 0 Å². The minimum Gasteiger partial charge on any atom is -0.361 e. The second-order valence-electron chi connectivity index (χ2n) is 8.72. The summed E-state index contributed by atoms with van der Waals surface area (Å²) in [6, 6.07) is 10.5. The number of halogens is 2. The number of hydrogen-bond acceptors (Lipinski definition) is 4. The smallest absolute Gasteiger partial charge is 0.232 e. The van der Waals surface area contributed by atoms with E-state index < -0.39 is 0 Å². The Morgan fingerprint density at radius 3 is 2.71 bits per heavy atom. The standard InChI is InChI=1S/C23H29Cl2N5S/c1-16-7-2-5-12-30(16)20-14-19(25)27-21(28-20)29-22(31)26-15-23(10-3-4-11-23)17-8-6-9-18(24)13-17/h6,8-9,13-14,16H,2-5,7,10-12,15H2,1H3,(H2,26,27,28,29,31)/t16-/m0/s1. The molecule has 0 radical (unpaired) electrons. The van der Waals surface area contributed by atoms with Crippen molar-refractivity contribution in [3.8, 4) is 0 Å². The van der Waals surface area contributed by atoms with Gasteiger partial charge in [-0.1, -0.05) is 48.2 Å². The van der Waals surface area contributed by atoms with Crippen LogP contribution in [0.1, 0.15) is 57.4 Å². The molecule has 1 aliphatic heterocycles. The molecule has 2 N–H and O–H groups in total. The lowest BCUT2D eigenvalue weighted by Gasteiger charge is -2.34. The number of nitrogens with zero attached hydrogens (tertiary/aromatic N) is 3. The number of hydrogen-bond donors (Lipinski definition) is 2. The normalized spacial score (nSPS) is 20.5. The molecular weight excluding hydrogens is 449 g/mol. The van der Waals surface area contributed by atoms with Gasteiger partial charge in [0.05, 0.1) is 0 Å². The molecule has 166 valence electrons. The van der Waals surface area contributed by atoms with E-state index in [9.17, 15) is 0 Å². The maximum atomic E-state index is 6.30. The molecular formula is C23H29Cl2N5S. The first kappa shape index (κ1) is 22.6. The molecule has 2 heterocycles. The highest BCUT2D eigenvalue weighted by Gasteiger charge is 2.35. The average Bonchev–Trinajstić information content (AvgIpc) is 3.22. The number of rotatable bonds is 5. The molecule has 0 amide bonds. The Bertz CT molecular complexity index is 932. The van der Waals surface area contributed by atoms with Crippen LogP contribution in [0.5, 0.6) is 0 Å². The Morgan fingerprint density at radius 2 is 1.97 bits per heavy atom. The monoisotopic (exact) mass is 477 g/mol. The van der Waals surface area contributed by atoms with Gasteiger partial charge in [0.2, 0.25) is 5.95 Å². The number of aromatic nitrogens is 2. The van der Waals surface area contributed by atoms with Gasteiger partial charge in [0.1, 0.15) is 11.0 Å². The molecule has 0 unspecified atom stereocenters. The molecule has 2 aliphatic rings. The molecule has 8 heteroatoms. The molecule has 31 heavy (non-hydrogen) atoms. The Labute approximate surface area is 199 Å². The second kappa shape index (κ2) is 9.88. The van der Waals surface area contributed by atoms with Crippen LogP contribution >= 0.6 is 35.4 Å². The van der Waals surface area contributed by atoms with E-state index in [1.165, 1.54) is 31.2 Å². The van der Waals surface area contributed by atoms with Gasteiger partial charge in [-0.15, -0.1) is 0 Å². The highest BCUT2D eigenvalue weighted by Crippen LogP contribution is 2.41. The van der Waals surface area contributed by atoms with Crippen molar-refractivity contribution in [1.29, 1.82) is 0 Å². The lowest BCUT2D eigenvalue weighted by Crippen LogP contribution is -2.41. The van der Waals surface area contributed by atoms with E-state index in [-0.39, 0.29) is 5.41 Å². The maximum absolute atomic E-state index is 6.30. The van der Waals surface area contributed by atoms with E-state index in [2.05, 4.69) is 44.6 Å². The zero-order valence-electron chi connectivity index (χ0n) is 17.8. The third-order valence-electron chi connectivity index (χ3n) is 6.59. The fourth-order valence-corrected chi connectivity index (χ4v) is 5.41. The lowest BCUT2D eigenvalue weighted by molar-refractivity contribution is 0.435. The average molecular weight is 478 g/mol. The summed E-state index contributed by atoms with van der Waals surface area (Å²) in [6.45, 7) is 3.96. The van der Waals surface area contributed by atoms with E-state index >= 15 is 0 Å². The third kappa shape index (κ3) is 5.41. The molecule has 1 saturated heterocycles. The zero-order chi connectivity index (χ0) is 21.8. The Hall–Kier alpha value is -1.63. The highest BCUT2D eigenvalue weighted by molar-refractivity contribution is 7.80. The van der Waals surface area contributed by atoms with Crippen molar-refractivity contribution >= 4 is 52.3 Å². The third-order valence-corrected chi connectivity index (χ3v) is 7.26. The molecule has 1 atom stereocenters. The van der Waals surface area contributed by atoms with Crippen LogP contribution in [0.15, 0.2) is 30.3 Å². The summed E-state index contributed by atoms with van der Waals surface area (Å²) < 4.78 is 0. The molecule has 0 bridgehead atoms. The maximum Gasteiger partial charge on any atom is 0.232 e. The fourth-order valence-electron chi connectivity index (χ4n) is 4.88. The van der Waals surface area contributed by atoms with Crippen LogP contribution in [0.3, 0.4) is 0 Å². The number of thiocarbonyl (C=S) groups is 1. The number of benzene rings is 1. The Morgan fingerprint density at radius 1 is 1.16 bits per heavy atom. The largest absolute Gasteiger partial charge is 0.361 e. The van der Waals surface area contributed by atoms with Crippen molar-refractivity contribution in [3.05, 3.63) is 46.1 Å². The molecule has 1 aromatic heterocycles. The van der Waals surface area contributed by atoms with Crippen molar-refractivity contribution in [2.45, 2.75) is 63.3 Å². The predicted molar refractivity (Wildman–Crippen MR) is 134 cm³/mol. The molecule has 1 aliphatic carbocycles. The molecule has 2 aromatic rings. The molecule has 1 aromatic carbocycles. The Kier molecular flexibility index (Phi) is 7.19. The zero-order valence-corrected chi connectivity index (χ0v) is 20.2. The van der Waals surface area contributed by atoms with E-state index in [1.807, 2.05) is 18.2 Å². The van der Waals surface area contributed by atoms with Crippen LogP contribution in [0.4, 0.5) is 11.8 Å². The number of anilines is 2. The first-order valence-corrected chi connectivity index (χ1v) is 12.2. The van der Waals surface area contributed by atoms with E-state index in [4.69, 9.17) is 35.4 Å². The minimum atomic E-state index is 0.0419. The van der Waals surface area contributed by atoms with Gasteiger partial charge in [0.15, 0.2) is 5.11 Å².